The lowest BCUT2D eigenvalue weighted by Crippen LogP contribution is -2.06. The molecule has 0 amide bonds. The summed E-state index contributed by atoms with van der Waals surface area (Å²) in [4.78, 5) is 0. The average Bonchev–Trinajstić information content (AvgIpc) is 1.63. The normalized spacial score (nSPS) is 8.67. The van der Waals surface area contributed by atoms with Gasteiger partial charge in [-0.1, -0.05) is 0 Å². The van der Waals surface area contributed by atoms with Crippen LogP contribution in [0.25, 0.3) is 0 Å². The van der Waals surface area contributed by atoms with Crippen LogP contribution in [-0.2, 0) is 4.74 Å². The Bertz CT molecular complexity index is 120. The molecule has 0 aromatic carbocycles. The lowest BCUT2D eigenvalue weighted by molar-refractivity contribution is 0.318. The van der Waals surface area contributed by atoms with E-state index in [0.29, 0.717) is 18.7 Å². The molecule has 0 radical (unpaired) electrons. The van der Waals surface area contributed by atoms with Crippen LogP contribution in [0.2, 0.25) is 0 Å². The van der Waals surface area contributed by atoms with E-state index >= 15 is 0 Å². The monoisotopic (exact) mass is 128 g/mol. The van der Waals surface area contributed by atoms with Gasteiger partial charge in [0, 0.05) is 5.71 Å². The fourth-order valence-corrected chi connectivity index (χ4v) is 0.466. The summed E-state index contributed by atoms with van der Waals surface area (Å²) >= 11 is 0. The number of hydrogen-bond donors (Lipinski definition) is 2. The first-order valence-electron chi connectivity index (χ1n) is 2.91. The average molecular weight is 128 g/mol. The van der Waals surface area contributed by atoms with Crippen molar-refractivity contribution in [1.29, 1.82) is 10.8 Å². The highest BCUT2D eigenvalue weighted by molar-refractivity contribution is 5.96. The first-order valence-corrected chi connectivity index (χ1v) is 2.91. The molecular weight excluding hydrogens is 116 g/mol. The van der Waals surface area contributed by atoms with Crippen molar-refractivity contribution in [2.45, 2.75) is 20.3 Å². The second-order valence-corrected chi connectivity index (χ2v) is 1.81. The molecule has 0 bridgehead atoms. The lowest BCUT2D eigenvalue weighted by Gasteiger charge is -2.01. The summed E-state index contributed by atoms with van der Waals surface area (Å²) in [6.07, 6.45) is 0.341. The summed E-state index contributed by atoms with van der Waals surface area (Å²) in [5, 5.41) is 14.0. The zero-order valence-electron chi connectivity index (χ0n) is 5.82. The second kappa shape index (κ2) is 4.06. The predicted molar refractivity (Wildman–Crippen MR) is 37.4 cm³/mol. The van der Waals surface area contributed by atoms with Gasteiger partial charge in [0.1, 0.15) is 0 Å². The summed E-state index contributed by atoms with van der Waals surface area (Å²) in [6, 6.07) is 0. The van der Waals surface area contributed by atoms with Crippen molar-refractivity contribution >= 4 is 11.6 Å². The third kappa shape index (κ3) is 5.00. The Morgan fingerprint density at radius 2 is 2.00 bits per heavy atom. The molecule has 0 aliphatic carbocycles. The second-order valence-electron chi connectivity index (χ2n) is 1.81. The summed E-state index contributed by atoms with van der Waals surface area (Å²) in [7, 11) is 0. The minimum atomic E-state index is 0.185. The van der Waals surface area contributed by atoms with Crippen LogP contribution < -0.4 is 0 Å². The van der Waals surface area contributed by atoms with E-state index in [1.807, 2.05) is 6.92 Å². The van der Waals surface area contributed by atoms with Gasteiger partial charge < -0.3 is 10.1 Å². The van der Waals surface area contributed by atoms with Gasteiger partial charge >= 0.3 is 0 Å². The van der Waals surface area contributed by atoms with E-state index in [2.05, 4.69) is 0 Å². The molecule has 0 aromatic rings. The minimum Gasteiger partial charge on any atom is -0.481 e. The molecule has 0 spiro atoms. The summed E-state index contributed by atoms with van der Waals surface area (Å²) in [6.45, 7) is 4.01. The molecule has 0 heterocycles. The molecule has 0 atom stereocenters. The van der Waals surface area contributed by atoms with Crippen molar-refractivity contribution in [2.75, 3.05) is 6.61 Å². The van der Waals surface area contributed by atoms with E-state index in [0.717, 1.165) is 0 Å². The van der Waals surface area contributed by atoms with Crippen molar-refractivity contribution in [3.8, 4) is 0 Å². The number of rotatable bonds is 3. The topological polar surface area (TPSA) is 56.9 Å². The van der Waals surface area contributed by atoms with E-state index in [1.54, 1.807) is 6.92 Å². The molecule has 0 unspecified atom stereocenters. The molecule has 3 heteroatoms. The van der Waals surface area contributed by atoms with Gasteiger partial charge in [-0.15, -0.1) is 0 Å². The molecule has 0 fully saturated rings. The molecule has 9 heavy (non-hydrogen) atoms. The Labute approximate surface area is 55.0 Å². The van der Waals surface area contributed by atoms with Gasteiger partial charge in [-0.05, 0) is 13.8 Å². The fraction of sp³-hybridized carbons (Fsp3) is 0.667. The molecule has 0 aromatic heterocycles. The first kappa shape index (κ1) is 8.14. The van der Waals surface area contributed by atoms with Crippen LogP contribution in [0.15, 0.2) is 0 Å². The maximum absolute atomic E-state index is 7.06. The Morgan fingerprint density at radius 1 is 1.44 bits per heavy atom. The van der Waals surface area contributed by atoms with E-state index in [-0.39, 0.29) is 5.90 Å². The highest BCUT2D eigenvalue weighted by Crippen LogP contribution is 1.87. The zero-order valence-corrected chi connectivity index (χ0v) is 5.82. The van der Waals surface area contributed by atoms with Crippen molar-refractivity contribution < 1.29 is 4.74 Å². The smallest absolute Gasteiger partial charge is 0.186 e. The maximum atomic E-state index is 7.06. The standard InChI is InChI=1S/C6H12N2O/c1-3-9-6(8)4-5(2)7/h7-8H,3-4H2,1-2H3. The van der Waals surface area contributed by atoms with Gasteiger partial charge in [0.25, 0.3) is 0 Å². The SMILES string of the molecule is CCOC(=N)CC(C)=N. The molecule has 52 valence electrons. The third-order valence-electron chi connectivity index (χ3n) is 0.744. The maximum Gasteiger partial charge on any atom is 0.186 e. The molecule has 0 aliphatic rings. The van der Waals surface area contributed by atoms with Gasteiger partial charge in [-0.25, -0.2) is 0 Å². The van der Waals surface area contributed by atoms with Crippen LogP contribution in [0.4, 0.5) is 0 Å². The van der Waals surface area contributed by atoms with E-state index in [4.69, 9.17) is 15.6 Å². The summed E-state index contributed by atoms with van der Waals surface area (Å²) in [5.74, 6) is 0.185. The highest BCUT2D eigenvalue weighted by atomic mass is 16.5. The number of hydrogen-bond acceptors (Lipinski definition) is 3. The van der Waals surface area contributed by atoms with Gasteiger partial charge in [-0.3, -0.25) is 5.41 Å². The quantitative estimate of drug-likeness (QED) is 0.438. The molecular formula is C6H12N2O. The van der Waals surface area contributed by atoms with E-state index < -0.39 is 0 Å². The Balaban J connectivity index is 3.39. The first-order chi connectivity index (χ1) is 4.16. The molecule has 0 rings (SSSR count). The van der Waals surface area contributed by atoms with Crippen LogP contribution in [-0.4, -0.2) is 18.2 Å². The molecule has 3 nitrogen and oxygen atoms in total. The van der Waals surface area contributed by atoms with Crippen LogP contribution in [0.5, 0.6) is 0 Å². The molecule has 0 saturated carbocycles. The van der Waals surface area contributed by atoms with Crippen molar-refractivity contribution in [3.05, 3.63) is 0 Å². The third-order valence-corrected chi connectivity index (χ3v) is 0.744. The minimum absolute atomic E-state index is 0.185. The van der Waals surface area contributed by atoms with Gasteiger partial charge in [-0.2, -0.15) is 0 Å². The van der Waals surface area contributed by atoms with E-state index in [1.165, 1.54) is 0 Å². The van der Waals surface area contributed by atoms with Crippen LogP contribution in [0, 0.1) is 10.8 Å². The van der Waals surface area contributed by atoms with Crippen molar-refractivity contribution in [1.82, 2.24) is 0 Å². The summed E-state index contributed by atoms with van der Waals surface area (Å²) in [5.41, 5.74) is 0.466. The molecule has 0 aliphatic heterocycles. The zero-order chi connectivity index (χ0) is 7.28. The number of ether oxygens (including phenoxy) is 1. The fourth-order valence-electron chi connectivity index (χ4n) is 0.466. The molecule has 0 saturated heterocycles. The van der Waals surface area contributed by atoms with E-state index in [9.17, 15) is 0 Å². The Morgan fingerprint density at radius 3 is 2.33 bits per heavy atom. The Hall–Kier alpha value is -0.860. The van der Waals surface area contributed by atoms with Crippen molar-refractivity contribution in [2.24, 2.45) is 0 Å². The summed E-state index contributed by atoms with van der Waals surface area (Å²) < 4.78 is 4.80. The van der Waals surface area contributed by atoms with Gasteiger partial charge in [0.2, 0.25) is 0 Å². The molecule has 2 N–H and O–H groups in total. The lowest BCUT2D eigenvalue weighted by atomic mass is 10.3. The largest absolute Gasteiger partial charge is 0.481 e. The highest BCUT2D eigenvalue weighted by Gasteiger charge is 1.95. The predicted octanol–water partition coefficient (Wildman–Crippen LogP) is 1.43. The van der Waals surface area contributed by atoms with Gasteiger partial charge in [0.05, 0.1) is 13.0 Å². The van der Waals surface area contributed by atoms with Crippen LogP contribution >= 0.6 is 0 Å². The Kier molecular flexibility index (Phi) is 3.67. The van der Waals surface area contributed by atoms with Crippen LogP contribution in [0.1, 0.15) is 20.3 Å². The number of nitrogens with one attached hydrogen (secondary N) is 2. The van der Waals surface area contributed by atoms with Crippen LogP contribution in [0.3, 0.4) is 0 Å². The van der Waals surface area contributed by atoms with Crippen molar-refractivity contribution in [3.63, 3.8) is 0 Å². The van der Waals surface area contributed by atoms with Gasteiger partial charge in [0.15, 0.2) is 5.90 Å².